The summed E-state index contributed by atoms with van der Waals surface area (Å²) in [7, 11) is -3.28. The Balaban J connectivity index is 1.98. The van der Waals surface area contributed by atoms with Gasteiger partial charge in [-0.25, -0.2) is 8.42 Å². The predicted octanol–water partition coefficient (Wildman–Crippen LogP) is 2.20. The molecular formula is C14H19NO4S. The molecule has 0 radical (unpaired) electrons. The van der Waals surface area contributed by atoms with Crippen molar-refractivity contribution in [2.75, 3.05) is 17.1 Å². The number of ether oxygens (including phenoxy) is 1. The summed E-state index contributed by atoms with van der Waals surface area (Å²) in [6.45, 7) is 2.30. The van der Waals surface area contributed by atoms with Crippen molar-refractivity contribution in [1.82, 2.24) is 0 Å². The number of Topliss-reactive ketones (excluding diaryl/α,β-unsaturated/α-hetero) is 1. The number of hydrogen-bond acceptors (Lipinski definition) is 4. The molecule has 1 heterocycles. The van der Waals surface area contributed by atoms with E-state index in [1.807, 2.05) is 0 Å². The van der Waals surface area contributed by atoms with Crippen molar-refractivity contribution in [2.24, 2.45) is 0 Å². The van der Waals surface area contributed by atoms with Crippen LogP contribution < -0.4 is 4.72 Å². The number of carbonyl (C=O) groups excluding carboxylic acids is 1. The molecule has 0 spiro atoms. The van der Waals surface area contributed by atoms with Crippen LogP contribution in [-0.4, -0.2) is 32.7 Å². The lowest BCUT2D eigenvalue weighted by molar-refractivity contribution is 0.0775. The average molecular weight is 297 g/mol. The molecule has 1 fully saturated rings. The first-order chi connectivity index (χ1) is 9.50. The number of nitrogens with one attached hydrogen (secondary N) is 1. The van der Waals surface area contributed by atoms with Crippen LogP contribution in [0.1, 0.15) is 36.5 Å². The molecule has 0 aliphatic carbocycles. The summed E-state index contributed by atoms with van der Waals surface area (Å²) >= 11 is 0. The third kappa shape index (κ3) is 4.05. The van der Waals surface area contributed by atoms with Gasteiger partial charge in [0.1, 0.15) is 0 Å². The van der Waals surface area contributed by atoms with E-state index in [-0.39, 0.29) is 17.6 Å². The number of sulfonamides is 1. The highest BCUT2D eigenvalue weighted by Gasteiger charge is 2.19. The fourth-order valence-electron chi connectivity index (χ4n) is 2.11. The highest BCUT2D eigenvalue weighted by atomic mass is 32.2. The van der Waals surface area contributed by atoms with Gasteiger partial charge >= 0.3 is 0 Å². The van der Waals surface area contributed by atoms with Gasteiger partial charge < -0.3 is 4.74 Å². The Labute approximate surface area is 119 Å². The quantitative estimate of drug-likeness (QED) is 0.817. The van der Waals surface area contributed by atoms with E-state index in [9.17, 15) is 13.2 Å². The summed E-state index contributed by atoms with van der Waals surface area (Å²) in [6.07, 6.45) is 2.36. The van der Waals surface area contributed by atoms with Crippen LogP contribution in [0, 0.1) is 0 Å². The van der Waals surface area contributed by atoms with Crippen molar-refractivity contribution >= 4 is 21.5 Å². The summed E-state index contributed by atoms with van der Waals surface area (Å²) in [5.41, 5.74) is 1.06. The van der Waals surface area contributed by atoms with E-state index >= 15 is 0 Å². The summed E-state index contributed by atoms with van der Waals surface area (Å²) in [5, 5.41) is 0. The van der Waals surface area contributed by atoms with E-state index in [0.717, 1.165) is 19.4 Å². The Morgan fingerprint density at radius 2 is 2.05 bits per heavy atom. The molecule has 1 saturated heterocycles. The molecule has 2 rings (SSSR count). The molecule has 6 heteroatoms. The Hall–Kier alpha value is -1.40. The van der Waals surface area contributed by atoms with Crippen molar-refractivity contribution in [1.29, 1.82) is 0 Å². The van der Waals surface area contributed by atoms with Gasteiger partial charge in [0.05, 0.1) is 11.9 Å². The number of rotatable bonds is 6. The normalized spacial score (nSPS) is 18.9. The first kappa shape index (κ1) is 15.0. The number of carbonyl (C=O) groups is 1. The van der Waals surface area contributed by atoms with Crippen LogP contribution in [0.15, 0.2) is 24.3 Å². The number of ketones is 1. The Bertz CT molecular complexity index is 559. The molecule has 0 saturated carbocycles. The standard InChI is InChI=1S/C14H19NO4S/c1-2-20(17,18)15-12-7-5-11(6-8-12)14(16)10-13-4-3-9-19-13/h5-8,13,15H,2-4,9-10H2,1H3. The van der Waals surface area contributed by atoms with Gasteiger partial charge in [0.2, 0.25) is 10.0 Å². The minimum absolute atomic E-state index is 0.0205. The first-order valence-electron chi connectivity index (χ1n) is 6.75. The second-order valence-electron chi connectivity index (χ2n) is 4.85. The molecule has 0 bridgehead atoms. The van der Waals surface area contributed by atoms with Crippen LogP contribution in [0.3, 0.4) is 0 Å². The summed E-state index contributed by atoms with van der Waals surface area (Å²) in [6, 6.07) is 6.50. The van der Waals surface area contributed by atoms with E-state index in [4.69, 9.17) is 4.74 Å². The zero-order chi connectivity index (χ0) is 14.6. The zero-order valence-corrected chi connectivity index (χ0v) is 12.3. The van der Waals surface area contributed by atoms with Crippen molar-refractivity contribution in [3.63, 3.8) is 0 Å². The van der Waals surface area contributed by atoms with Gasteiger partial charge in [-0.15, -0.1) is 0 Å². The van der Waals surface area contributed by atoms with Gasteiger partial charge in [-0.2, -0.15) is 0 Å². The molecule has 20 heavy (non-hydrogen) atoms. The van der Waals surface area contributed by atoms with E-state index < -0.39 is 10.0 Å². The predicted molar refractivity (Wildman–Crippen MR) is 77.4 cm³/mol. The topological polar surface area (TPSA) is 72.5 Å². The molecule has 0 aromatic heterocycles. The molecule has 1 aliphatic rings. The fourth-order valence-corrected chi connectivity index (χ4v) is 2.75. The van der Waals surface area contributed by atoms with Crippen LogP contribution in [0.4, 0.5) is 5.69 Å². The highest BCUT2D eigenvalue weighted by Crippen LogP contribution is 2.19. The van der Waals surface area contributed by atoms with E-state index in [1.54, 1.807) is 31.2 Å². The third-order valence-electron chi connectivity index (χ3n) is 3.30. The van der Waals surface area contributed by atoms with Crippen molar-refractivity contribution in [2.45, 2.75) is 32.3 Å². The molecule has 1 N–H and O–H groups in total. The van der Waals surface area contributed by atoms with Gasteiger partial charge in [0.15, 0.2) is 5.78 Å². The number of benzene rings is 1. The second-order valence-corrected chi connectivity index (χ2v) is 6.86. The maximum atomic E-state index is 12.0. The van der Waals surface area contributed by atoms with E-state index in [1.165, 1.54) is 0 Å². The monoisotopic (exact) mass is 297 g/mol. The summed E-state index contributed by atoms with van der Waals surface area (Å²) in [4.78, 5) is 12.0. The SMILES string of the molecule is CCS(=O)(=O)Nc1ccc(C(=O)CC2CCCO2)cc1. The lowest BCUT2D eigenvalue weighted by Gasteiger charge is -2.09. The van der Waals surface area contributed by atoms with Crippen molar-refractivity contribution in [3.8, 4) is 0 Å². The molecule has 1 aromatic carbocycles. The Morgan fingerprint density at radius 3 is 2.60 bits per heavy atom. The highest BCUT2D eigenvalue weighted by molar-refractivity contribution is 7.92. The molecule has 5 nitrogen and oxygen atoms in total. The van der Waals surface area contributed by atoms with E-state index in [2.05, 4.69) is 4.72 Å². The average Bonchev–Trinajstić information content (AvgIpc) is 2.92. The van der Waals surface area contributed by atoms with Crippen molar-refractivity contribution < 1.29 is 17.9 Å². The Morgan fingerprint density at radius 1 is 1.35 bits per heavy atom. The van der Waals surface area contributed by atoms with Crippen LogP contribution in [-0.2, 0) is 14.8 Å². The maximum Gasteiger partial charge on any atom is 0.232 e. The lowest BCUT2D eigenvalue weighted by Crippen LogP contribution is -2.15. The smallest absolute Gasteiger partial charge is 0.232 e. The Kier molecular flexibility index (Phi) is 4.77. The molecule has 0 amide bonds. The van der Waals surface area contributed by atoms with Crippen LogP contribution in [0.25, 0.3) is 0 Å². The van der Waals surface area contributed by atoms with Gasteiger partial charge in [-0.3, -0.25) is 9.52 Å². The van der Waals surface area contributed by atoms with Gasteiger partial charge in [0.25, 0.3) is 0 Å². The lowest BCUT2D eigenvalue weighted by atomic mass is 10.0. The maximum absolute atomic E-state index is 12.0. The summed E-state index contributed by atoms with van der Waals surface area (Å²) in [5.74, 6) is 0.0500. The van der Waals surface area contributed by atoms with Crippen LogP contribution >= 0.6 is 0 Å². The number of hydrogen-bond donors (Lipinski definition) is 1. The van der Waals surface area contributed by atoms with Crippen molar-refractivity contribution in [3.05, 3.63) is 29.8 Å². The molecule has 110 valence electrons. The molecule has 1 aromatic rings. The second kappa shape index (κ2) is 6.37. The zero-order valence-electron chi connectivity index (χ0n) is 11.5. The number of anilines is 1. The van der Waals surface area contributed by atoms with Gasteiger partial charge in [-0.1, -0.05) is 0 Å². The third-order valence-corrected chi connectivity index (χ3v) is 4.60. The van der Waals surface area contributed by atoms with E-state index in [0.29, 0.717) is 17.7 Å². The minimum Gasteiger partial charge on any atom is -0.378 e. The fraction of sp³-hybridized carbons (Fsp3) is 0.500. The van der Waals surface area contributed by atoms with Crippen LogP contribution in [0.5, 0.6) is 0 Å². The molecular weight excluding hydrogens is 278 g/mol. The van der Waals surface area contributed by atoms with Gasteiger partial charge in [-0.05, 0) is 44.0 Å². The minimum atomic E-state index is -3.28. The molecule has 1 unspecified atom stereocenters. The molecule has 1 aliphatic heterocycles. The largest absolute Gasteiger partial charge is 0.378 e. The molecule has 1 atom stereocenters. The summed E-state index contributed by atoms with van der Waals surface area (Å²) < 4.78 is 30.7. The van der Waals surface area contributed by atoms with Crippen LogP contribution in [0.2, 0.25) is 0 Å². The van der Waals surface area contributed by atoms with Gasteiger partial charge in [0, 0.05) is 24.3 Å². The first-order valence-corrected chi connectivity index (χ1v) is 8.41.